The second-order valence-corrected chi connectivity index (χ2v) is 7.18. The number of amides is 1. The van der Waals surface area contributed by atoms with E-state index in [4.69, 9.17) is 15.2 Å². The minimum atomic E-state index is -0.383. The van der Waals surface area contributed by atoms with Crippen molar-refractivity contribution in [2.75, 3.05) is 26.4 Å². The number of halogens is 2. The molecule has 0 radical (unpaired) electrons. The number of Topliss-reactive ketones (excluding diaryl/α,β-unsaturated/α-hetero) is 1. The van der Waals surface area contributed by atoms with Gasteiger partial charge in [0.15, 0.2) is 5.78 Å². The summed E-state index contributed by atoms with van der Waals surface area (Å²) in [4.78, 5) is 32.2. The minimum Gasteiger partial charge on any atom is -0.379 e. The first-order valence-electron chi connectivity index (χ1n) is 8.93. The summed E-state index contributed by atoms with van der Waals surface area (Å²) in [6, 6.07) is 5.42. The van der Waals surface area contributed by atoms with E-state index in [1.165, 1.54) is 0 Å². The number of hydrogen-bond donors (Lipinski definition) is 1. The van der Waals surface area contributed by atoms with Crippen LogP contribution in [0.5, 0.6) is 0 Å². The Labute approximate surface area is 180 Å². The molecule has 0 fully saturated rings. The molecule has 0 bridgehead atoms. The lowest BCUT2D eigenvalue weighted by Crippen LogP contribution is -2.15. The third-order valence-corrected chi connectivity index (χ3v) is 5.01. The van der Waals surface area contributed by atoms with Crippen molar-refractivity contribution in [2.45, 2.75) is 29.9 Å². The number of rotatable bonds is 13. The summed E-state index contributed by atoms with van der Waals surface area (Å²) >= 11 is 6.84. The standard InChI is InChI=1S/C19H23Br2N3O4/c20-11-16-17(12-21)24-15-10-13(3-4-14(15)23-16)18(25)2-1-6-27-8-9-28-7-5-19(22)26/h3-4,10H,1-2,5-9,11-12H2,(H2,22,26). The van der Waals surface area contributed by atoms with Crippen molar-refractivity contribution in [1.82, 2.24) is 9.97 Å². The summed E-state index contributed by atoms with van der Waals surface area (Å²) in [6.45, 7) is 1.59. The van der Waals surface area contributed by atoms with Crippen LogP contribution in [0.2, 0.25) is 0 Å². The van der Waals surface area contributed by atoms with Gasteiger partial charge in [-0.3, -0.25) is 9.59 Å². The van der Waals surface area contributed by atoms with Gasteiger partial charge in [0.05, 0.1) is 42.2 Å². The Morgan fingerprint density at radius 1 is 0.893 bits per heavy atom. The molecular weight excluding hydrogens is 494 g/mol. The van der Waals surface area contributed by atoms with Crippen LogP contribution in [-0.2, 0) is 24.9 Å². The fourth-order valence-electron chi connectivity index (χ4n) is 2.49. The smallest absolute Gasteiger partial charge is 0.219 e. The molecule has 1 aromatic heterocycles. The van der Waals surface area contributed by atoms with Crippen LogP contribution in [0, 0.1) is 0 Å². The molecule has 28 heavy (non-hydrogen) atoms. The molecule has 1 aromatic carbocycles. The monoisotopic (exact) mass is 515 g/mol. The zero-order valence-electron chi connectivity index (χ0n) is 15.5. The van der Waals surface area contributed by atoms with Crippen LogP contribution >= 0.6 is 31.9 Å². The number of ether oxygens (including phenoxy) is 2. The third kappa shape index (κ3) is 7.20. The number of fused-ring (bicyclic) bond motifs is 1. The van der Waals surface area contributed by atoms with Crippen LogP contribution in [0.25, 0.3) is 11.0 Å². The number of carbonyl (C=O) groups excluding carboxylic acids is 2. The number of aromatic nitrogens is 2. The van der Waals surface area contributed by atoms with Gasteiger partial charge in [0.2, 0.25) is 5.91 Å². The van der Waals surface area contributed by atoms with Gasteiger partial charge < -0.3 is 15.2 Å². The highest BCUT2D eigenvalue weighted by Gasteiger charge is 2.11. The topological polar surface area (TPSA) is 104 Å². The van der Waals surface area contributed by atoms with Crippen LogP contribution in [0.1, 0.15) is 41.0 Å². The van der Waals surface area contributed by atoms with Gasteiger partial charge in [-0.1, -0.05) is 31.9 Å². The van der Waals surface area contributed by atoms with Gasteiger partial charge in [0.25, 0.3) is 0 Å². The lowest BCUT2D eigenvalue weighted by atomic mass is 10.1. The van der Waals surface area contributed by atoms with Crippen molar-refractivity contribution in [1.29, 1.82) is 0 Å². The molecule has 1 heterocycles. The maximum Gasteiger partial charge on any atom is 0.219 e. The summed E-state index contributed by atoms with van der Waals surface area (Å²) < 4.78 is 10.6. The summed E-state index contributed by atoms with van der Waals surface area (Å²) in [7, 11) is 0. The molecule has 0 atom stereocenters. The molecule has 0 unspecified atom stereocenters. The highest BCUT2D eigenvalue weighted by atomic mass is 79.9. The predicted molar refractivity (Wildman–Crippen MR) is 114 cm³/mol. The van der Waals surface area contributed by atoms with Crippen molar-refractivity contribution in [2.24, 2.45) is 5.73 Å². The maximum atomic E-state index is 12.4. The van der Waals surface area contributed by atoms with Crippen molar-refractivity contribution < 1.29 is 19.1 Å². The first kappa shape index (κ1) is 22.9. The quantitative estimate of drug-likeness (QED) is 0.249. The normalized spacial score (nSPS) is 11.1. The fraction of sp³-hybridized carbons (Fsp3) is 0.474. The molecule has 0 saturated heterocycles. The van der Waals surface area contributed by atoms with Gasteiger partial charge in [0.1, 0.15) is 0 Å². The number of ketones is 1. The Morgan fingerprint density at radius 2 is 1.54 bits per heavy atom. The number of alkyl halides is 2. The van der Waals surface area contributed by atoms with Gasteiger partial charge in [-0.15, -0.1) is 0 Å². The first-order valence-corrected chi connectivity index (χ1v) is 11.2. The van der Waals surface area contributed by atoms with Crippen LogP contribution in [0.3, 0.4) is 0 Å². The Hall–Kier alpha value is -1.42. The van der Waals surface area contributed by atoms with E-state index in [0.717, 1.165) is 16.9 Å². The first-order chi connectivity index (χ1) is 13.5. The van der Waals surface area contributed by atoms with Crippen molar-refractivity contribution in [3.8, 4) is 0 Å². The maximum absolute atomic E-state index is 12.4. The zero-order chi connectivity index (χ0) is 20.4. The van der Waals surface area contributed by atoms with E-state index >= 15 is 0 Å². The molecule has 9 heteroatoms. The molecule has 0 aliphatic rings. The summed E-state index contributed by atoms with van der Waals surface area (Å²) in [5.41, 5.74) is 8.88. The van der Waals surface area contributed by atoms with Gasteiger partial charge in [0, 0.05) is 35.7 Å². The number of nitrogens with zero attached hydrogens (tertiary/aromatic N) is 2. The Bertz CT molecular complexity index is 817. The Balaban J connectivity index is 1.78. The average Bonchev–Trinajstić information content (AvgIpc) is 2.70. The van der Waals surface area contributed by atoms with E-state index in [1.54, 1.807) is 12.1 Å². The second kappa shape index (κ2) is 12.2. The third-order valence-electron chi connectivity index (χ3n) is 3.95. The number of hydrogen-bond acceptors (Lipinski definition) is 6. The van der Waals surface area contributed by atoms with Gasteiger partial charge in [-0.05, 0) is 24.6 Å². The van der Waals surface area contributed by atoms with Crippen LogP contribution in [0.4, 0.5) is 0 Å². The highest BCUT2D eigenvalue weighted by molar-refractivity contribution is 9.09. The number of nitrogens with two attached hydrogens (primary N) is 1. The fourth-order valence-corrected chi connectivity index (χ4v) is 3.39. The molecule has 7 nitrogen and oxygen atoms in total. The molecule has 2 aromatic rings. The van der Waals surface area contributed by atoms with Crippen LogP contribution in [0.15, 0.2) is 18.2 Å². The van der Waals surface area contributed by atoms with Crippen LogP contribution in [-0.4, -0.2) is 48.1 Å². The SMILES string of the molecule is NC(=O)CCOCCOCCCC(=O)c1ccc2nc(CBr)c(CBr)nc2c1. The molecule has 0 aliphatic heterocycles. The number of primary amides is 1. The molecular formula is C19H23Br2N3O4. The lowest BCUT2D eigenvalue weighted by molar-refractivity contribution is -0.119. The van der Waals surface area contributed by atoms with E-state index in [9.17, 15) is 9.59 Å². The zero-order valence-corrected chi connectivity index (χ0v) is 18.6. The molecule has 2 rings (SSSR count). The molecule has 0 aliphatic carbocycles. The molecule has 0 spiro atoms. The van der Waals surface area contributed by atoms with E-state index in [-0.39, 0.29) is 18.1 Å². The summed E-state index contributed by atoms with van der Waals surface area (Å²) in [6.07, 6.45) is 1.23. The summed E-state index contributed by atoms with van der Waals surface area (Å²) in [5, 5.41) is 1.24. The van der Waals surface area contributed by atoms with Crippen molar-refractivity contribution in [3.63, 3.8) is 0 Å². The molecule has 1 amide bonds. The van der Waals surface area contributed by atoms with E-state index < -0.39 is 0 Å². The highest BCUT2D eigenvalue weighted by Crippen LogP contribution is 2.19. The second-order valence-electron chi connectivity index (χ2n) is 6.06. The predicted octanol–water partition coefficient (Wildman–Crippen LogP) is 3.29. The van der Waals surface area contributed by atoms with Crippen LogP contribution < -0.4 is 5.73 Å². The lowest BCUT2D eigenvalue weighted by Gasteiger charge is -2.07. The molecule has 2 N–H and O–H groups in total. The van der Waals surface area contributed by atoms with E-state index in [2.05, 4.69) is 41.8 Å². The Kier molecular flexibility index (Phi) is 9.97. The van der Waals surface area contributed by atoms with Gasteiger partial charge >= 0.3 is 0 Å². The van der Waals surface area contributed by atoms with Gasteiger partial charge in [-0.25, -0.2) is 9.97 Å². The molecule has 0 saturated carbocycles. The van der Waals surface area contributed by atoms with E-state index in [0.29, 0.717) is 61.0 Å². The average molecular weight is 517 g/mol. The van der Waals surface area contributed by atoms with Gasteiger partial charge in [-0.2, -0.15) is 0 Å². The van der Waals surface area contributed by atoms with E-state index in [1.807, 2.05) is 6.07 Å². The largest absolute Gasteiger partial charge is 0.379 e. The number of benzene rings is 1. The number of carbonyl (C=O) groups is 2. The molecule has 152 valence electrons. The summed E-state index contributed by atoms with van der Waals surface area (Å²) in [5.74, 6) is -0.332. The van der Waals surface area contributed by atoms with Crippen molar-refractivity contribution in [3.05, 3.63) is 35.2 Å². The Morgan fingerprint density at radius 3 is 2.18 bits per heavy atom. The minimum absolute atomic E-state index is 0.0509. The van der Waals surface area contributed by atoms with Crippen molar-refractivity contribution >= 4 is 54.6 Å².